The van der Waals surface area contributed by atoms with Gasteiger partial charge in [-0.15, -0.1) is 6.07 Å². The van der Waals surface area contributed by atoms with Crippen molar-refractivity contribution in [3.05, 3.63) is 23.5 Å². The molecule has 0 fully saturated rings. The molecule has 1 N–H and O–H groups in total. The fourth-order valence-electron chi connectivity index (χ4n) is 1.54. The normalized spacial score (nSPS) is 16.4. The Labute approximate surface area is 97.0 Å². The SMILES string of the molecule is CC1(C)CNc2c[c-]c(C=O)nc21.[Re]. The molecule has 0 saturated heterocycles. The van der Waals surface area contributed by atoms with Crippen molar-refractivity contribution in [2.75, 3.05) is 11.9 Å². The first-order chi connectivity index (χ1) is 6.13. The van der Waals surface area contributed by atoms with Gasteiger partial charge in [0.15, 0.2) is 0 Å². The van der Waals surface area contributed by atoms with E-state index in [1.54, 1.807) is 6.07 Å². The van der Waals surface area contributed by atoms with Crippen LogP contribution in [0.1, 0.15) is 30.0 Å². The molecule has 75 valence electrons. The van der Waals surface area contributed by atoms with Crippen LogP contribution < -0.4 is 5.32 Å². The number of aldehydes is 1. The number of rotatable bonds is 1. The molecule has 1 aliphatic heterocycles. The summed E-state index contributed by atoms with van der Waals surface area (Å²) in [6.07, 6.45) is 0.731. The summed E-state index contributed by atoms with van der Waals surface area (Å²) < 4.78 is 0. The van der Waals surface area contributed by atoms with E-state index in [4.69, 9.17) is 0 Å². The van der Waals surface area contributed by atoms with Gasteiger partial charge in [0.1, 0.15) is 0 Å². The van der Waals surface area contributed by atoms with E-state index in [2.05, 4.69) is 30.2 Å². The number of nitrogens with zero attached hydrogens (tertiary/aromatic N) is 1. The zero-order valence-corrected chi connectivity index (χ0v) is 10.8. The Hall–Kier alpha value is -0.718. The van der Waals surface area contributed by atoms with Gasteiger partial charge in [0, 0.05) is 38.1 Å². The van der Waals surface area contributed by atoms with E-state index >= 15 is 0 Å². The molecule has 1 aromatic rings. The second-order valence-corrected chi connectivity index (χ2v) is 3.90. The van der Waals surface area contributed by atoms with Crippen LogP contribution in [0.3, 0.4) is 0 Å². The topological polar surface area (TPSA) is 42.0 Å². The van der Waals surface area contributed by atoms with Crippen molar-refractivity contribution in [2.24, 2.45) is 0 Å². The largest absolute Gasteiger partial charge is 0.433 e. The van der Waals surface area contributed by atoms with Gasteiger partial charge in [-0.05, 0) is 11.4 Å². The zero-order valence-electron chi connectivity index (χ0n) is 8.10. The van der Waals surface area contributed by atoms with Crippen LogP contribution in [0.5, 0.6) is 0 Å². The summed E-state index contributed by atoms with van der Waals surface area (Å²) in [6, 6.07) is 4.61. The molecule has 3 nitrogen and oxygen atoms in total. The van der Waals surface area contributed by atoms with Crippen molar-refractivity contribution in [3.63, 3.8) is 0 Å². The number of nitrogens with one attached hydrogen (secondary N) is 1. The molecular weight excluding hydrogens is 350 g/mol. The van der Waals surface area contributed by atoms with Crippen LogP contribution in [0, 0.1) is 6.07 Å². The fraction of sp³-hybridized carbons (Fsp3) is 0.400. The molecule has 2 heterocycles. The third kappa shape index (κ3) is 1.73. The number of carbonyl (C=O) groups is 1. The second-order valence-electron chi connectivity index (χ2n) is 3.90. The van der Waals surface area contributed by atoms with Gasteiger partial charge in [-0.3, -0.25) is 4.98 Å². The van der Waals surface area contributed by atoms with E-state index in [-0.39, 0.29) is 25.8 Å². The standard InChI is InChI=1S/C10H11N2O.Re/c1-10(2)6-11-8-4-3-7(5-13)12-9(8)10;/h4-5,11H,6H2,1-2H3;/q-1;. The molecule has 0 aliphatic carbocycles. The molecule has 0 saturated carbocycles. The molecule has 14 heavy (non-hydrogen) atoms. The van der Waals surface area contributed by atoms with Crippen LogP contribution in [-0.2, 0) is 25.8 Å². The Morgan fingerprint density at radius 3 is 3.00 bits per heavy atom. The number of anilines is 1. The van der Waals surface area contributed by atoms with Crippen molar-refractivity contribution >= 4 is 12.0 Å². The maximum absolute atomic E-state index is 10.5. The summed E-state index contributed by atoms with van der Waals surface area (Å²) in [5, 5.41) is 3.23. The Bertz CT molecular complexity index is 363. The van der Waals surface area contributed by atoms with E-state index in [0.29, 0.717) is 5.69 Å². The minimum absolute atomic E-state index is 0. The smallest absolute Gasteiger partial charge is 0.0663 e. The van der Waals surface area contributed by atoms with Gasteiger partial charge in [-0.25, -0.2) is 0 Å². The van der Waals surface area contributed by atoms with Gasteiger partial charge in [0.25, 0.3) is 0 Å². The third-order valence-corrected chi connectivity index (χ3v) is 2.33. The average Bonchev–Trinajstić information content (AvgIpc) is 2.42. The summed E-state index contributed by atoms with van der Waals surface area (Å²) in [7, 11) is 0. The van der Waals surface area contributed by atoms with Crippen LogP contribution >= 0.6 is 0 Å². The van der Waals surface area contributed by atoms with Gasteiger partial charge in [-0.1, -0.05) is 13.8 Å². The minimum Gasteiger partial charge on any atom is -0.433 e. The number of hydrogen-bond acceptors (Lipinski definition) is 3. The summed E-state index contributed by atoms with van der Waals surface area (Å²) in [4.78, 5) is 14.7. The maximum Gasteiger partial charge on any atom is 0.0663 e. The van der Waals surface area contributed by atoms with Crippen molar-refractivity contribution in [1.82, 2.24) is 4.98 Å². The molecule has 0 aromatic carbocycles. The maximum atomic E-state index is 10.5. The van der Waals surface area contributed by atoms with Crippen molar-refractivity contribution in [1.29, 1.82) is 0 Å². The Morgan fingerprint density at radius 2 is 2.36 bits per heavy atom. The van der Waals surface area contributed by atoms with Crippen molar-refractivity contribution in [3.8, 4) is 0 Å². The fourth-order valence-corrected chi connectivity index (χ4v) is 1.54. The number of carbonyl (C=O) groups excluding carboxylic acids is 1. The van der Waals surface area contributed by atoms with Crippen molar-refractivity contribution < 1.29 is 25.2 Å². The predicted molar refractivity (Wildman–Crippen MR) is 50.0 cm³/mol. The molecule has 0 bridgehead atoms. The summed E-state index contributed by atoms with van der Waals surface area (Å²) in [5.74, 6) is 0. The molecule has 0 atom stereocenters. The first kappa shape index (κ1) is 11.4. The summed E-state index contributed by atoms with van der Waals surface area (Å²) in [5.41, 5.74) is 2.36. The van der Waals surface area contributed by atoms with E-state index < -0.39 is 0 Å². The van der Waals surface area contributed by atoms with Gasteiger partial charge >= 0.3 is 0 Å². The van der Waals surface area contributed by atoms with E-state index in [1.165, 1.54) is 0 Å². The summed E-state index contributed by atoms with van der Waals surface area (Å²) in [6.45, 7) is 5.08. The number of aromatic nitrogens is 1. The van der Waals surface area contributed by atoms with E-state index in [9.17, 15) is 4.79 Å². The monoisotopic (exact) mass is 362 g/mol. The van der Waals surface area contributed by atoms with Crippen molar-refractivity contribution in [2.45, 2.75) is 19.3 Å². The average molecular weight is 361 g/mol. The van der Waals surface area contributed by atoms with E-state index in [1.807, 2.05) is 0 Å². The summed E-state index contributed by atoms with van der Waals surface area (Å²) >= 11 is 0. The van der Waals surface area contributed by atoms with Crippen LogP contribution in [0.2, 0.25) is 0 Å². The van der Waals surface area contributed by atoms with Crippen LogP contribution in [0.25, 0.3) is 0 Å². The number of pyridine rings is 1. The Kier molecular flexibility index (Phi) is 3.08. The number of fused-ring (bicyclic) bond motifs is 1. The van der Waals surface area contributed by atoms with Crippen LogP contribution in [-0.4, -0.2) is 17.8 Å². The quantitative estimate of drug-likeness (QED) is 0.607. The van der Waals surface area contributed by atoms with Gasteiger partial charge < -0.3 is 10.1 Å². The van der Waals surface area contributed by atoms with Gasteiger partial charge in [0.05, 0.1) is 6.29 Å². The van der Waals surface area contributed by atoms with Gasteiger partial charge in [0.2, 0.25) is 0 Å². The van der Waals surface area contributed by atoms with Gasteiger partial charge in [-0.2, -0.15) is 6.07 Å². The minimum atomic E-state index is 0. The third-order valence-electron chi connectivity index (χ3n) is 2.33. The van der Waals surface area contributed by atoms with E-state index in [0.717, 1.165) is 24.2 Å². The molecule has 2 rings (SSSR count). The molecule has 0 spiro atoms. The predicted octanol–water partition coefficient (Wildman–Crippen LogP) is 1.39. The van der Waals surface area contributed by atoms with Crippen LogP contribution in [0.4, 0.5) is 5.69 Å². The first-order valence-electron chi connectivity index (χ1n) is 4.26. The first-order valence-corrected chi connectivity index (χ1v) is 4.26. The molecule has 0 unspecified atom stereocenters. The molecular formula is C10H11N2ORe-. The molecule has 0 amide bonds. The zero-order chi connectivity index (χ0) is 9.47. The second kappa shape index (κ2) is 3.80. The number of hydrogen-bond donors (Lipinski definition) is 1. The van der Waals surface area contributed by atoms with Crippen LogP contribution in [0.15, 0.2) is 6.07 Å². The molecule has 1 aromatic heterocycles. The molecule has 1 radical (unpaired) electrons. The Balaban J connectivity index is 0.000000980. The molecule has 4 heteroatoms. The Morgan fingerprint density at radius 1 is 1.64 bits per heavy atom. The molecule has 1 aliphatic rings.